The topological polar surface area (TPSA) is 37.3 Å². The fourth-order valence-electron chi connectivity index (χ4n) is 1.65. The minimum absolute atomic E-state index is 0.0426. The highest BCUT2D eigenvalue weighted by atomic mass is 31.1. The second-order valence-electron chi connectivity index (χ2n) is 5.73. The van der Waals surface area contributed by atoms with Gasteiger partial charge in [0.1, 0.15) is 14.7 Å². The van der Waals surface area contributed by atoms with Gasteiger partial charge in [0.25, 0.3) is 0 Å². The van der Waals surface area contributed by atoms with Gasteiger partial charge in [0.2, 0.25) is 5.52 Å². The lowest BCUT2D eigenvalue weighted by atomic mass is 10.1. The van der Waals surface area contributed by atoms with Gasteiger partial charge >= 0.3 is 0 Å². The summed E-state index contributed by atoms with van der Waals surface area (Å²) >= 11 is 0. The second-order valence-corrected chi connectivity index (χ2v) is 7.48. The molecule has 0 saturated carbocycles. The molecule has 0 aromatic carbocycles. The van der Waals surface area contributed by atoms with Crippen LogP contribution in [0.25, 0.3) is 0 Å². The van der Waals surface area contributed by atoms with Gasteiger partial charge in [0, 0.05) is 0 Å². The Labute approximate surface area is 108 Å². The van der Waals surface area contributed by atoms with Crippen molar-refractivity contribution < 1.29 is 14.2 Å². The first-order chi connectivity index (χ1) is 7.87. The largest absolute Gasteiger partial charge is 0.366 e. The first-order valence-corrected chi connectivity index (χ1v) is 8.14. The van der Waals surface area contributed by atoms with Crippen LogP contribution >= 0.6 is 8.15 Å². The van der Waals surface area contributed by atoms with Gasteiger partial charge in [-0.25, -0.2) is 0 Å². The van der Waals surface area contributed by atoms with E-state index < -0.39 is 8.15 Å². The Balaban J connectivity index is 3.58. The molecule has 0 aliphatic heterocycles. The number of carbonyl (C=O) groups is 1. The molecule has 3 nitrogen and oxygen atoms in total. The van der Waals surface area contributed by atoms with E-state index in [1.165, 1.54) is 25.7 Å². The molecule has 0 fully saturated rings. The summed E-state index contributed by atoms with van der Waals surface area (Å²) in [5.41, 5.74) is 0.0426. The number of nitrogens with zero attached hydrogens (tertiary/aromatic N) is 1. The SMILES string of the molecule is CCCCCCCCP(O)C(=O)C[N+](C)(C)C. The summed E-state index contributed by atoms with van der Waals surface area (Å²) in [6, 6.07) is 0. The van der Waals surface area contributed by atoms with E-state index >= 15 is 0 Å². The lowest BCUT2D eigenvalue weighted by Crippen LogP contribution is -2.39. The summed E-state index contributed by atoms with van der Waals surface area (Å²) in [6.07, 6.45) is 7.92. The van der Waals surface area contributed by atoms with E-state index in [0.717, 1.165) is 12.8 Å². The maximum Gasteiger partial charge on any atom is 0.234 e. The van der Waals surface area contributed by atoms with E-state index in [0.29, 0.717) is 17.2 Å². The highest BCUT2D eigenvalue weighted by Gasteiger charge is 2.21. The second kappa shape index (κ2) is 9.02. The molecule has 1 atom stereocenters. The number of rotatable bonds is 10. The zero-order valence-corrected chi connectivity index (χ0v) is 12.8. The average Bonchev–Trinajstić information content (AvgIpc) is 2.20. The normalized spacial score (nSPS) is 13.7. The fourth-order valence-corrected chi connectivity index (χ4v) is 3.01. The minimum atomic E-state index is -1.39. The summed E-state index contributed by atoms with van der Waals surface area (Å²) in [4.78, 5) is 21.5. The van der Waals surface area contributed by atoms with Crippen molar-refractivity contribution in [2.45, 2.75) is 45.4 Å². The molecular formula is C13H29NO2P+. The van der Waals surface area contributed by atoms with Crippen LogP contribution in [0.15, 0.2) is 0 Å². The molecule has 4 heteroatoms. The molecule has 0 radical (unpaired) electrons. The van der Waals surface area contributed by atoms with Crippen molar-refractivity contribution in [3.05, 3.63) is 0 Å². The van der Waals surface area contributed by atoms with Crippen molar-refractivity contribution in [1.29, 1.82) is 0 Å². The number of hydrogen-bond donors (Lipinski definition) is 1. The first kappa shape index (κ1) is 17.0. The van der Waals surface area contributed by atoms with Crippen molar-refractivity contribution in [2.24, 2.45) is 0 Å². The fraction of sp³-hybridized carbons (Fsp3) is 0.923. The van der Waals surface area contributed by atoms with Crippen LogP contribution in [0, 0.1) is 0 Å². The Bertz CT molecular complexity index is 214. The van der Waals surface area contributed by atoms with E-state index in [2.05, 4.69) is 6.92 Å². The Morgan fingerprint density at radius 2 is 1.59 bits per heavy atom. The molecule has 0 rings (SSSR count). The first-order valence-electron chi connectivity index (χ1n) is 6.66. The van der Waals surface area contributed by atoms with Gasteiger partial charge in [0.15, 0.2) is 0 Å². The molecule has 0 aromatic heterocycles. The van der Waals surface area contributed by atoms with Crippen LogP contribution in [0.5, 0.6) is 0 Å². The summed E-state index contributed by atoms with van der Waals surface area (Å²) in [5.74, 6) is 0. The molecular weight excluding hydrogens is 233 g/mol. The van der Waals surface area contributed by atoms with Gasteiger partial charge in [-0.1, -0.05) is 39.0 Å². The molecule has 0 heterocycles. The van der Waals surface area contributed by atoms with Crippen molar-refractivity contribution in [1.82, 2.24) is 0 Å². The Morgan fingerprint density at radius 3 is 2.12 bits per heavy atom. The predicted octanol–water partition coefficient (Wildman–Crippen LogP) is 2.97. The summed E-state index contributed by atoms with van der Waals surface area (Å²) in [5, 5.41) is 0. The van der Waals surface area contributed by atoms with E-state index in [1.807, 2.05) is 21.1 Å². The van der Waals surface area contributed by atoms with Crippen LogP contribution < -0.4 is 0 Å². The summed E-state index contributed by atoms with van der Waals surface area (Å²) in [6.45, 7) is 2.65. The molecule has 1 unspecified atom stereocenters. The number of carbonyl (C=O) groups excluding carboxylic acids is 1. The monoisotopic (exact) mass is 262 g/mol. The predicted molar refractivity (Wildman–Crippen MR) is 75.3 cm³/mol. The van der Waals surface area contributed by atoms with Gasteiger partial charge in [-0.3, -0.25) is 4.79 Å². The Kier molecular flexibility index (Phi) is 9.03. The minimum Gasteiger partial charge on any atom is -0.366 e. The lowest BCUT2D eigenvalue weighted by molar-refractivity contribution is -0.861. The highest BCUT2D eigenvalue weighted by molar-refractivity contribution is 7.69. The lowest BCUT2D eigenvalue weighted by Gasteiger charge is -2.23. The average molecular weight is 262 g/mol. The van der Waals surface area contributed by atoms with E-state index in [-0.39, 0.29) is 5.52 Å². The number of unbranched alkanes of at least 4 members (excludes halogenated alkanes) is 5. The van der Waals surface area contributed by atoms with Crippen molar-refractivity contribution in [3.8, 4) is 0 Å². The zero-order valence-electron chi connectivity index (χ0n) is 11.9. The van der Waals surface area contributed by atoms with Crippen molar-refractivity contribution in [2.75, 3.05) is 33.8 Å². The third kappa shape index (κ3) is 10.9. The van der Waals surface area contributed by atoms with Crippen LogP contribution in [0.2, 0.25) is 0 Å². The maximum absolute atomic E-state index is 11.7. The van der Waals surface area contributed by atoms with E-state index in [1.54, 1.807) is 0 Å². The molecule has 17 heavy (non-hydrogen) atoms. The molecule has 0 aliphatic carbocycles. The van der Waals surface area contributed by atoms with Gasteiger partial charge in [0.05, 0.1) is 21.1 Å². The molecule has 0 amide bonds. The molecule has 1 N–H and O–H groups in total. The number of hydrogen-bond acceptors (Lipinski definition) is 2. The molecule has 0 spiro atoms. The third-order valence-corrected chi connectivity index (χ3v) is 4.08. The quantitative estimate of drug-likeness (QED) is 0.373. The van der Waals surface area contributed by atoms with Crippen LogP contribution in [0.4, 0.5) is 0 Å². The molecule has 0 aromatic rings. The van der Waals surface area contributed by atoms with Crippen molar-refractivity contribution >= 4 is 13.7 Å². The Hall–Kier alpha value is 0.0200. The van der Waals surface area contributed by atoms with Crippen LogP contribution in [0.1, 0.15) is 45.4 Å². The van der Waals surface area contributed by atoms with Gasteiger partial charge in [-0.05, 0) is 12.6 Å². The molecule has 0 bridgehead atoms. The highest BCUT2D eigenvalue weighted by Crippen LogP contribution is 2.33. The standard InChI is InChI=1S/C13H29NO2P/c1-5-6-7-8-9-10-11-17(16)13(15)12-14(2,3)4/h16H,5-12H2,1-4H3/q+1. The van der Waals surface area contributed by atoms with Gasteiger partial charge in [-0.15, -0.1) is 0 Å². The molecule has 0 saturated heterocycles. The van der Waals surface area contributed by atoms with Crippen LogP contribution in [0.3, 0.4) is 0 Å². The zero-order chi connectivity index (χ0) is 13.3. The summed E-state index contributed by atoms with van der Waals surface area (Å²) < 4.78 is 0.606. The maximum atomic E-state index is 11.7. The van der Waals surface area contributed by atoms with Crippen molar-refractivity contribution in [3.63, 3.8) is 0 Å². The Morgan fingerprint density at radius 1 is 1.06 bits per heavy atom. The van der Waals surface area contributed by atoms with Crippen LogP contribution in [-0.2, 0) is 4.79 Å². The smallest absolute Gasteiger partial charge is 0.234 e. The van der Waals surface area contributed by atoms with E-state index in [4.69, 9.17) is 0 Å². The summed E-state index contributed by atoms with van der Waals surface area (Å²) in [7, 11) is 4.55. The van der Waals surface area contributed by atoms with Gasteiger partial charge < -0.3 is 9.38 Å². The third-order valence-electron chi connectivity index (χ3n) is 2.62. The van der Waals surface area contributed by atoms with E-state index in [9.17, 15) is 9.69 Å². The van der Waals surface area contributed by atoms with Gasteiger partial charge in [-0.2, -0.15) is 0 Å². The number of quaternary nitrogens is 1. The van der Waals surface area contributed by atoms with Crippen LogP contribution in [-0.4, -0.2) is 48.8 Å². The molecule has 102 valence electrons. The molecule has 0 aliphatic rings. The number of likely N-dealkylation sites (N-methyl/N-ethyl adjacent to an activating group) is 1.